The fourth-order valence-corrected chi connectivity index (χ4v) is 7.10. The predicted octanol–water partition coefficient (Wildman–Crippen LogP) is 3.34. The molecule has 0 saturated heterocycles. The Bertz CT molecular complexity index is 1510. The van der Waals surface area contributed by atoms with Crippen LogP contribution >= 0.6 is 14.7 Å². The van der Waals surface area contributed by atoms with E-state index in [0.29, 0.717) is 5.30 Å². The van der Waals surface area contributed by atoms with Gasteiger partial charge in [0, 0.05) is 46.9 Å². The lowest BCUT2D eigenvalue weighted by Gasteiger charge is -2.20. The third-order valence-corrected chi connectivity index (χ3v) is 10.9. The van der Waals surface area contributed by atoms with E-state index >= 15 is 0 Å². The molecule has 0 spiro atoms. The zero-order valence-electron chi connectivity index (χ0n) is 28.2. The molecule has 2 aromatic carbocycles. The van der Waals surface area contributed by atoms with Crippen LogP contribution in [0.3, 0.4) is 0 Å². The van der Waals surface area contributed by atoms with Crippen LogP contribution in [0.2, 0.25) is 0 Å². The average Bonchev–Trinajstić information content (AvgIpc) is 3.09. The van der Waals surface area contributed by atoms with Gasteiger partial charge in [-0.2, -0.15) is 0 Å². The standard InChI is InChI=1S/2C17H23O7P/c1-13(2)17(20)23-10-8-14(18)12-24-16(19)9-11-25(21,22)15-6-4-3-5-7-15;1-13(2)17(21)23-10-8-14(18)12-24-25(22,11-9-16(19)20)15-6-4-3-5-7-15/h3-7,14,18H,1,8-12H2,2H3,(H,21,22);3-7,14,18H,1,8-12H2,2H3,(H,19,20). The number of ether oxygens (including phenoxy) is 3. The smallest absolute Gasteiger partial charge is 0.333 e. The van der Waals surface area contributed by atoms with Crippen LogP contribution in [0.4, 0.5) is 0 Å². The molecule has 2 aromatic rings. The first-order chi connectivity index (χ1) is 23.5. The Balaban J connectivity index is 0.000000500. The Morgan fingerprint density at radius 1 is 0.700 bits per heavy atom. The largest absolute Gasteiger partial charge is 0.481 e. The van der Waals surface area contributed by atoms with Crippen LogP contribution in [-0.2, 0) is 47.0 Å². The highest BCUT2D eigenvalue weighted by Gasteiger charge is 2.28. The molecule has 0 amide bonds. The van der Waals surface area contributed by atoms with Gasteiger partial charge in [0.2, 0.25) is 14.7 Å². The number of hydrogen-bond acceptors (Lipinski definition) is 12. The Morgan fingerprint density at radius 3 is 1.62 bits per heavy atom. The molecule has 4 N–H and O–H groups in total. The zero-order chi connectivity index (χ0) is 37.7. The Morgan fingerprint density at radius 2 is 1.16 bits per heavy atom. The lowest BCUT2D eigenvalue weighted by atomic mass is 10.3. The van der Waals surface area contributed by atoms with E-state index in [1.165, 1.54) is 26.0 Å². The molecule has 0 heterocycles. The number of hydrogen-bond donors (Lipinski definition) is 4. The molecule has 276 valence electrons. The van der Waals surface area contributed by atoms with Gasteiger partial charge in [-0.25, -0.2) is 9.59 Å². The molecule has 0 aliphatic carbocycles. The molecule has 0 fully saturated rings. The summed E-state index contributed by atoms with van der Waals surface area (Å²) in [4.78, 5) is 54.8. The summed E-state index contributed by atoms with van der Waals surface area (Å²) in [5.41, 5.74) is 0.515. The number of esters is 3. The van der Waals surface area contributed by atoms with Crippen molar-refractivity contribution >= 4 is 49.2 Å². The van der Waals surface area contributed by atoms with E-state index in [-0.39, 0.29) is 80.9 Å². The minimum Gasteiger partial charge on any atom is -0.481 e. The Labute approximate surface area is 291 Å². The number of carboxylic acids is 1. The van der Waals surface area contributed by atoms with Crippen LogP contribution in [-0.4, -0.2) is 95.0 Å². The highest BCUT2D eigenvalue weighted by atomic mass is 31.2. The van der Waals surface area contributed by atoms with Gasteiger partial charge >= 0.3 is 23.9 Å². The number of benzene rings is 2. The molecule has 0 radical (unpaired) electrons. The van der Waals surface area contributed by atoms with Crippen LogP contribution < -0.4 is 10.6 Å². The third kappa shape index (κ3) is 18.2. The van der Waals surface area contributed by atoms with Crippen molar-refractivity contribution in [1.29, 1.82) is 0 Å². The molecule has 16 heteroatoms. The van der Waals surface area contributed by atoms with Gasteiger partial charge in [-0.05, 0) is 38.1 Å². The zero-order valence-corrected chi connectivity index (χ0v) is 30.0. The monoisotopic (exact) mass is 740 g/mol. The lowest BCUT2D eigenvalue weighted by Crippen LogP contribution is -2.22. The van der Waals surface area contributed by atoms with E-state index in [4.69, 9.17) is 23.8 Å². The summed E-state index contributed by atoms with van der Waals surface area (Å²) < 4.78 is 45.1. The van der Waals surface area contributed by atoms with Gasteiger partial charge in [-0.3, -0.25) is 18.7 Å². The quantitative estimate of drug-likeness (QED) is 0.0625. The third-order valence-electron chi connectivity index (χ3n) is 6.53. The summed E-state index contributed by atoms with van der Waals surface area (Å²) in [5, 5.41) is 29.1. The van der Waals surface area contributed by atoms with E-state index in [1.54, 1.807) is 48.5 Å². The SMILES string of the molecule is C=C(C)C(=O)OCCC(O)COC(=O)CCP(=O)(O)c1ccccc1.C=C(C)C(=O)OCCC(O)COP(=O)(CCC(=O)O)c1ccccc1. The van der Waals surface area contributed by atoms with Crippen molar-refractivity contribution < 1.29 is 67.3 Å². The highest BCUT2D eigenvalue weighted by Crippen LogP contribution is 2.46. The number of rotatable bonds is 21. The number of carboxylic acid groups (broad SMARTS) is 1. The van der Waals surface area contributed by atoms with E-state index in [9.17, 15) is 43.4 Å². The van der Waals surface area contributed by atoms with Crippen molar-refractivity contribution in [2.75, 3.05) is 38.8 Å². The molecular formula is C34H46O14P2. The Hall–Kier alpha value is -3.90. The van der Waals surface area contributed by atoms with E-state index in [2.05, 4.69) is 13.2 Å². The van der Waals surface area contributed by atoms with Crippen molar-refractivity contribution in [1.82, 2.24) is 0 Å². The molecular weight excluding hydrogens is 694 g/mol. The van der Waals surface area contributed by atoms with Gasteiger partial charge in [-0.1, -0.05) is 49.6 Å². The van der Waals surface area contributed by atoms with Crippen LogP contribution in [0, 0.1) is 0 Å². The maximum Gasteiger partial charge on any atom is 0.333 e. The van der Waals surface area contributed by atoms with Crippen molar-refractivity contribution in [3.8, 4) is 0 Å². The Kier molecular flexibility index (Phi) is 20.1. The summed E-state index contributed by atoms with van der Waals surface area (Å²) >= 11 is 0. The molecule has 4 atom stereocenters. The van der Waals surface area contributed by atoms with Crippen LogP contribution in [0.5, 0.6) is 0 Å². The maximum atomic E-state index is 13.0. The first-order valence-corrected chi connectivity index (χ1v) is 19.2. The molecule has 4 unspecified atom stereocenters. The molecule has 2 rings (SSSR count). The first-order valence-electron chi connectivity index (χ1n) is 15.5. The van der Waals surface area contributed by atoms with Crippen molar-refractivity contribution in [2.45, 2.75) is 51.7 Å². The summed E-state index contributed by atoms with van der Waals surface area (Å²) in [5.74, 6) is -2.86. The topological polar surface area (TPSA) is 220 Å². The summed E-state index contributed by atoms with van der Waals surface area (Å²) in [6, 6.07) is 16.4. The van der Waals surface area contributed by atoms with Gasteiger partial charge < -0.3 is 38.9 Å². The summed E-state index contributed by atoms with van der Waals surface area (Å²) in [6.07, 6.45) is -2.72. The maximum absolute atomic E-state index is 13.0. The molecule has 0 bridgehead atoms. The summed E-state index contributed by atoms with van der Waals surface area (Å²) in [6.45, 7) is 9.31. The minimum atomic E-state index is -3.61. The molecule has 50 heavy (non-hydrogen) atoms. The molecule has 0 saturated carbocycles. The molecule has 0 aromatic heterocycles. The lowest BCUT2D eigenvalue weighted by molar-refractivity contribution is -0.147. The number of carbonyl (C=O) groups excluding carboxylic acids is 3. The molecule has 0 aliphatic heterocycles. The molecule has 14 nitrogen and oxygen atoms in total. The normalized spacial score (nSPS) is 14.3. The first kappa shape index (κ1) is 44.1. The fourth-order valence-electron chi connectivity index (χ4n) is 3.66. The fraction of sp³-hybridized carbons (Fsp3) is 0.412. The van der Waals surface area contributed by atoms with E-state index in [0.717, 1.165) is 0 Å². The highest BCUT2D eigenvalue weighted by molar-refractivity contribution is 7.67. The second-order valence-electron chi connectivity index (χ2n) is 11.1. The van der Waals surface area contributed by atoms with Crippen LogP contribution in [0.15, 0.2) is 85.0 Å². The van der Waals surface area contributed by atoms with Crippen molar-refractivity contribution in [2.24, 2.45) is 0 Å². The van der Waals surface area contributed by atoms with Gasteiger partial charge in [0.1, 0.15) is 6.61 Å². The molecule has 0 aliphatic rings. The van der Waals surface area contributed by atoms with Gasteiger partial charge in [-0.15, -0.1) is 0 Å². The van der Waals surface area contributed by atoms with E-state index < -0.39 is 50.8 Å². The predicted molar refractivity (Wildman–Crippen MR) is 186 cm³/mol. The van der Waals surface area contributed by atoms with Crippen LogP contribution in [0.25, 0.3) is 0 Å². The second-order valence-corrected chi connectivity index (χ2v) is 16.0. The summed E-state index contributed by atoms with van der Waals surface area (Å²) in [7, 11) is -7.02. The average molecular weight is 741 g/mol. The number of aliphatic hydroxyl groups excluding tert-OH is 2. The van der Waals surface area contributed by atoms with Gasteiger partial charge in [0.05, 0.1) is 44.9 Å². The van der Waals surface area contributed by atoms with Gasteiger partial charge in [0.15, 0.2) is 0 Å². The number of aliphatic carboxylic acids is 1. The van der Waals surface area contributed by atoms with Crippen molar-refractivity contribution in [3.63, 3.8) is 0 Å². The van der Waals surface area contributed by atoms with Crippen LogP contribution in [0.1, 0.15) is 39.5 Å². The van der Waals surface area contributed by atoms with E-state index in [1.807, 2.05) is 0 Å². The van der Waals surface area contributed by atoms with Gasteiger partial charge in [0.25, 0.3) is 0 Å². The minimum absolute atomic E-state index is 0.0236. The second kappa shape index (κ2) is 22.7. The number of carbonyl (C=O) groups is 4. The van der Waals surface area contributed by atoms with Crippen molar-refractivity contribution in [3.05, 3.63) is 85.0 Å². The number of aliphatic hydroxyl groups is 2.